The fraction of sp³-hybridized carbons (Fsp3) is 0.588. The Labute approximate surface area is 130 Å². The highest BCUT2D eigenvalue weighted by Gasteiger charge is 2.38. The minimum atomic E-state index is -0.254. The molecule has 1 unspecified atom stereocenters. The zero-order valence-corrected chi connectivity index (χ0v) is 12.8. The summed E-state index contributed by atoms with van der Waals surface area (Å²) in [5, 5.41) is 3.31. The summed E-state index contributed by atoms with van der Waals surface area (Å²) in [6.45, 7) is 2.72. The molecule has 2 fully saturated rings. The van der Waals surface area contributed by atoms with Crippen LogP contribution in [0, 0.1) is 17.7 Å². The van der Waals surface area contributed by atoms with E-state index in [1.165, 1.54) is 12.1 Å². The van der Waals surface area contributed by atoms with Crippen molar-refractivity contribution >= 4 is 5.91 Å². The molecule has 2 aliphatic rings. The Hall–Kier alpha value is -1.46. The van der Waals surface area contributed by atoms with Gasteiger partial charge in [0.1, 0.15) is 5.82 Å². The van der Waals surface area contributed by atoms with E-state index < -0.39 is 0 Å². The van der Waals surface area contributed by atoms with Gasteiger partial charge in [-0.05, 0) is 43.0 Å². The van der Waals surface area contributed by atoms with Gasteiger partial charge < -0.3 is 16.0 Å². The Morgan fingerprint density at radius 3 is 3.05 bits per heavy atom. The van der Waals surface area contributed by atoms with E-state index in [4.69, 9.17) is 5.73 Å². The molecule has 1 aliphatic carbocycles. The van der Waals surface area contributed by atoms with Crippen LogP contribution in [-0.4, -0.2) is 37.0 Å². The molecule has 1 saturated heterocycles. The van der Waals surface area contributed by atoms with Crippen LogP contribution in [-0.2, 0) is 4.79 Å². The van der Waals surface area contributed by atoms with Gasteiger partial charge in [-0.15, -0.1) is 0 Å². The number of nitrogens with two attached hydrogens (primary N) is 1. The number of nitrogens with one attached hydrogen (secondary N) is 1. The summed E-state index contributed by atoms with van der Waals surface area (Å²) in [6.07, 6.45) is 3.05. The van der Waals surface area contributed by atoms with Gasteiger partial charge in [0.25, 0.3) is 0 Å². The van der Waals surface area contributed by atoms with E-state index in [0.717, 1.165) is 31.4 Å². The highest BCUT2D eigenvalue weighted by Crippen LogP contribution is 2.35. The molecule has 1 amide bonds. The molecule has 1 saturated carbocycles. The summed E-state index contributed by atoms with van der Waals surface area (Å²) in [5.41, 5.74) is 6.69. The number of carbonyl (C=O) groups excluding carboxylic acids is 1. The van der Waals surface area contributed by atoms with Crippen molar-refractivity contribution in [3.8, 4) is 0 Å². The van der Waals surface area contributed by atoms with Crippen LogP contribution in [0.5, 0.6) is 0 Å². The van der Waals surface area contributed by atoms with Crippen molar-refractivity contribution in [2.75, 3.05) is 26.2 Å². The number of halogens is 1. The number of amides is 1. The molecule has 0 spiro atoms. The van der Waals surface area contributed by atoms with E-state index in [-0.39, 0.29) is 23.7 Å². The average molecular weight is 305 g/mol. The predicted octanol–water partition coefficient (Wildman–Crippen LogP) is 1.67. The Bertz CT molecular complexity index is 536. The standard InChI is InChI=1S/C17H24FN3O/c18-14-5-1-3-12(9-14)16-11-20-7-8-21(16)17(22)15-6-2-4-13(15)10-19/h1,3,5,9,13,15-16,20H,2,4,6-8,10-11,19H2/t13-,15-,16?/m1/s1. The van der Waals surface area contributed by atoms with Gasteiger partial charge in [0.05, 0.1) is 6.04 Å². The Morgan fingerprint density at radius 2 is 2.27 bits per heavy atom. The van der Waals surface area contributed by atoms with Crippen LogP contribution in [0.1, 0.15) is 30.9 Å². The van der Waals surface area contributed by atoms with Crippen molar-refractivity contribution in [1.82, 2.24) is 10.2 Å². The molecule has 3 atom stereocenters. The highest BCUT2D eigenvalue weighted by atomic mass is 19.1. The van der Waals surface area contributed by atoms with Crippen LogP contribution in [0.4, 0.5) is 4.39 Å². The fourth-order valence-electron chi connectivity index (χ4n) is 3.84. The van der Waals surface area contributed by atoms with Gasteiger partial charge in [-0.25, -0.2) is 4.39 Å². The first-order chi connectivity index (χ1) is 10.7. The van der Waals surface area contributed by atoms with Gasteiger partial charge in [-0.2, -0.15) is 0 Å². The van der Waals surface area contributed by atoms with Crippen molar-refractivity contribution in [1.29, 1.82) is 0 Å². The summed E-state index contributed by atoms with van der Waals surface area (Å²) in [7, 11) is 0. The zero-order valence-electron chi connectivity index (χ0n) is 12.8. The molecule has 1 aliphatic heterocycles. The summed E-state index contributed by atoms with van der Waals surface area (Å²) in [6, 6.07) is 6.49. The average Bonchev–Trinajstić information content (AvgIpc) is 3.03. The number of hydrogen-bond donors (Lipinski definition) is 2. The van der Waals surface area contributed by atoms with Crippen molar-refractivity contribution in [3.05, 3.63) is 35.6 Å². The molecule has 4 nitrogen and oxygen atoms in total. The SMILES string of the molecule is NC[C@H]1CCC[C@H]1C(=O)N1CCNCC1c1cccc(F)c1. The van der Waals surface area contributed by atoms with Crippen molar-refractivity contribution in [2.24, 2.45) is 17.6 Å². The molecule has 5 heteroatoms. The second kappa shape index (κ2) is 6.75. The number of piperazine rings is 1. The Morgan fingerprint density at radius 1 is 1.41 bits per heavy atom. The number of hydrogen-bond acceptors (Lipinski definition) is 3. The smallest absolute Gasteiger partial charge is 0.226 e. The van der Waals surface area contributed by atoms with E-state index in [2.05, 4.69) is 5.32 Å². The fourth-order valence-corrected chi connectivity index (χ4v) is 3.84. The monoisotopic (exact) mass is 305 g/mol. The first-order valence-corrected chi connectivity index (χ1v) is 8.17. The second-order valence-electron chi connectivity index (χ2n) is 6.34. The largest absolute Gasteiger partial charge is 0.333 e. The van der Waals surface area contributed by atoms with Gasteiger partial charge in [0, 0.05) is 25.6 Å². The van der Waals surface area contributed by atoms with E-state index >= 15 is 0 Å². The van der Waals surface area contributed by atoms with Crippen molar-refractivity contribution in [2.45, 2.75) is 25.3 Å². The first-order valence-electron chi connectivity index (χ1n) is 8.17. The topological polar surface area (TPSA) is 58.4 Å². The molecule has 1 aromatic carbocycles. The van der Waals surface area contributed by atoms with Crippen molar-refractivity contribution in [3.63, 3.8) is 0 Å². The van der Waals surface area contributed by atoms with E-state index in [1.54, 1.807) is 6.07 Å². The van der Waals surface area contributed by atoms with Gasteiger partial charge in [0.2, 0.25) is 5.91 Å². The normalized spacial score (nSPS) is 28.8. The van der Waals surface area contributed by atoms with Crippen LogP contribution >= 0.6 is 0 Å². The number of carbonyl (C=O) groups is 1. The molecule has 120 valence electrons. The van der Waals surface area contributed by atoms with Crippen molar-refractivity contribution < 1.29 is 9.18 Å². The quantitative estimate of drug-likeness (QED) is 0.893. The van der Waals surface area contributed by atoms with Crippen LogP contribution in [0.25, 0.3) is 0 Å². The third-order valence-electron chi connectivity index (χ3n) is 5.04. The lowest BCUT2D eigenvalue weighted by molar-refractivity contribution is -0.140. The minimum Gasteiger partial charge on any atom is -0.333 e. The molecule has 0 radical (unpaired) electrons. The maximum absolute atomic E-state index is 13.5. The third kappa shape index (κ3) is 3.01. The third-order valence-corrected chi connectivity index (χ3v) is 5.04. The second-order valence-corrected chi connectivity index (χ2v) is 6.34. The summed E-state index contributed by atoms with van der Waals surface area (Å²) in [5.74, 6) is 0.287. The minimum absolute atomic E-state index is 0.0409. The van der Waals surface area contributed by atoms with Gasteiger partial charge >= 0.3 is 0 Å². The van der Waals surface area contributed by atoms with Crippen LogP contribution in [0.2, 0.25) is 0 Å². The molecular weight excluding hydrogens is 281 g/mol. The summed E-state index contributed by atoms with van der Waals surface area (Å²) in [4.78, 5) is 14.9. The van der Waals surface area contributed by atoms with Gasteiger partial charge in [-0.1, -0.05) is 18.6 Å². The molecule has 3 rings (SSSR count). The lowest BCUT2D eigenvalue weighted by atomic mass is 9.92. The lowest BCUT2D eigenvalue weighted by Crippen LogP contribution is -2.51. The molecule has 1 heterocycles. The summed E-state index contributed by atoms with van der Waals surface area (Å²) < 4.78 is 13.5. The predicted molar refractivity (Wildman–Crippen MR) is 83.6 cm³/mol. The Balaban J connectivity index is 1.82. The number of benzene rings is 1. The zero-order chi connectivity index (χ0) is 15.5. The summed E-state index contributed by atoms with van der Waals surface area (Å²) >= 11 is 0. The molecule has 0 aromatic heterocycles. The molecule has 0 bridgehead atoms. The Kier molecular flexibility index (Phi) is 4.74. The van der Waals surface area contributed by atoms with Crippen LogP contribution in [0.15, 0.2) is 24.3 Å². The highest BCUT2D eigenvalue weighted by molar-refractivity contribution is 5.80. The maximum atomic E-state index is 13.5. The van der Waals surface area contributed by atoms with E-state index in [0.29, 0.717) is 25.6 Å². The van der Waals surface area contributed by atoms with E-state index in [1.807, 2.05) is 11.0 Å². The van der Waals surface area contributed by atoms with Crippen LogP contribution in [0.3, 0.4) is 0 Å². The molecule has 1 aromatic rings. The molecular formula is C17H24FN3O. The molecule has 3 N–H and O–H groups in total. The van der Waals surface area contributed by atoms with Gasteiger partial charge in [0.15, 0.2) is 0 Å². The lowest BCUT2D eigenvalue weighted by Gasteiger charge is -2.39. The number of nitrogens with zero attached hydrogens (tertiary/aromatic N) is 1. The van der Waals surface area contributed by atoms with Crippen LogP contribution < -0.4 is 11.1 Å². The first kappa shape index (κ1) is 15.4. The molecule has 22 heavy (non-hydrogen) atoms. The number of rotatable bonds is 3. The van der Waals surface area contributed by atoms with E-state index in [9.17, 15) is 9.18 Å². The van der Waals surface area contributed by atoms with Gasteiger partial charge in [-0.3, -0.25) is 4.79 Å². The maximum Gasteiger partial charge on any atom is 0.226 e.